The molecule has 0 saturated heterocycles. The molecule has 0 radical (unpaired) electrons. The first-order chi connectivity index (χ1) is 8.65. The van der Waals surface area contributed by atoms with E-state index in [0.29, 0.717) is 10.0 Å². The number of nitrogens with one attached hydrogen (secondary N) is 1. The lowest BCUT2D eigenvalue weighted by Gasteiger charge is -2.18. The lowest BCUT2D eigenvalue weighted by atomic mass is 10.0. The molecule has 4 heteroatoms. The van der Waals surface area contributed by atoms with Crippen molar-refractivity contribution in [1.29, 1.82) is 0 Å². The van der Waals surface area contributed by atoms with Crippen molar-refractivity contribution in [2.45, 2.75) is 19.9 Å². The minimum absolute atomic E-state index is 0.251. The summed E-state index contributed by atoms with van der Waals surface area (Å²) in [5.74, 6) is 0.508. The van der Waals surface area contributed by atoms with E-state index in [2.05, 4.69) is 21.2 Å². The van der Waals surface area contributed by atoms with Crippen LogP contribution in [0, 0.1) is 12.7 Å². The summed E-state index contributed by atoms with van der Waals surface area (Å²) in [5.41, 5.74) is 1.60. The predicted octanol–water partition coefficient (Wildman–Crippen LogP) is 4.19. The Balaban J connectivity index is 2.48. The van der Waals surface area contributed by atoms with E-state index in [4.69, 9.17) is 4.42 Å². The van der Waals surface area contributed by atoms with E-state index < -0.39 is 0 Å². The molecule has 1 N–H and O–H groups in total. The van der Waals surface area contributed by atoms with Crippen molar-refractivity contribution in [2.75, 3.05) is 6.54 Å². The van der Waals surface area contributed by atoms with Gasteiger partial charge in [-0.1, -0.05) is 19.1 Å². The smallest absolute Gasteiger partial charge is 0.142 e. The Kier molecular flexibility index (Phi) is 4.19. The van der Waals surface area contributed by atoms with Gasteiger partial charge < -0.3 is 9.73 Å². The second kappa shape index (κ2) is 5.67. The van der Waals surface area contributed by atoms with E-state index in [9.17, 15) is 4.39 Å². The summed E-state index contributed by atoms with van der Waals surface area (Å²) in [5, 5.41) is 3.26. The van der Waals surface area contributed by atoms with Crippen LogP contribution in [0.3, 0.4) is 0 Å². The zero-order valence-corrected chi connectivity index (χ0v) is 11.9. The first-order valence-electron chi connectivity index (χ1n) is 5.86. The fraction of sp³-hybridized carbons (Fsp3) is 0.286. The van der Waals surface area contributed by atoms with Crippen LogP contribution in [-0.2, 0) is 0 Å². The highest BCUT2D eigenvalue weighted by Crippen LogP contribution is 2.30. The third-order valence-corrected chi connectivity index (χ3v) is 3.48. The first kappa shape index (κ1) is 13.3. The van der Waals surface area contributed by atoms with Gasteiger partial charge in [0, 0.05) is 5.56 Å². The highest BCUT2D eigenvalue weighted by molar-refractivity contribution is 9.10. The van der Waals surface area contributed by atoms with Crippen molar-refractivity contribution in [3.8, 4) is 0 Å². The summed E-state index contributed by atoms with van der Waals surface area (Å²) in [4.78, 5) is 0. The number of hydrogen-bond acceptors (Lipinski definition) is 2. The van der Waals surface area contributed by atoms with Crippen LogP contribution in [0.25, 0.3) is 0 Å². The molecule has 0 aliphatic carbocycles. The Morgan fingerprint density at radius 3 is 2.78 bits per heavy atom. The zero-order chi connectivity index (χ0) is 13.1. The van der Waals surface area contributed by atoms with E-state index in [1.807, 2.05) is 26.0 Å². The summed E-state index contributed by atoms with van der Waals surface area (Å²) in [7, 11) is 0. The third-order valence-electron chi connectivity index (χ3n) is 2.86. The van der Waals surface area contributed by atoms with Gasteiger partial charge in [0.1, 0.15) is 11.6 Å². The van der Waals surface area contributed by atoms with Crippen molar-refractivity contribution in [3.05, 3.63) is 57.7 Å². The van der Waals surface area contributed by atoms with E-state index in [1.165, 1.54) is 0 Å². The summed E-state index contributed by atoms with van der Waals surface area (Å²) >= 11 is 3.21. The van der Waals surface area contributed by atoms with Gasteiger partial charge >= 0.3 is 0 Å². The largest absolute Gasteiger partial charge is 0.467 e. The monoisotopic (exact) mass is 311 g/mol. The van der Waals surface area contributed by atoms with E-state index >= 15 is 0 Å². The number of halogens is 2. The highest BCUT2D eigenvalue weighted by atomic mass is 79.9. The summed E-state index contributed by atoms with van der Waals surface area (Å²) in [6.07, 6.45) is 1.63. The molecule has 1 unspecified atom stereocenters. The third kappa shape index (κ3) is 2.49. The maximum atomic E-state index is 14.2. The molecule has 2 nitrogen and oxygen atoms in total. The molecule has 0 aliphatic heterocycles. The first-order valence-corrected chi connectivity index (χ1v) is 6.65. The average Bonchev–Trinajstić information content (AvgIpc) is 2.76. The van der Waals surface area contributed by atoms with E-state index in [-0.39, 0.29) is 11.9 Å². The second-order valence-corrected chi connectivity index (χ2v) is 4.96. The van der Waals surface area contributed by atoms with Crippen molar-refractivity contribution in [3.63, 3.8) is 0 Å². The SMILES string of the molecule is CCNC(c1cccc(Br)c1F)c1occc1C. The van der Waals surface area contributed by atoms with E-state index in [1.54, 1.807) is 18.4 Å². The molecule has 2 aromatic rings. The number of aryl methyl sites for hydroxylation is 1. The molecule has 18 heavy (non-hydrogen) atoms. The molecule has 0 amide bonds. The Labute approximate surface area is 114 Å². The van der Waals surface area contributed by atoms with Crippen LogP contribution >= 0.6 is 15.9 Å². The highest BCUT2D eigenvalue weighted by Gasteiger charge is 2.22. The van der Waals surface area contributed by atoms with Crippen LogP contribution in [0.2, 0.25) is 0 Å². The molecule has 1 aromatic carbocycles. The van der Waals surface area contributed by atoms with Gasteiger partial charge in [-0.05, 0) is 47.1 Å². The van der Waals surface area contributed by atoms with Gasteiger partial charge in [0.05, 0.1) is 16.8 Å². The molecule has 0 aliphatic rings. The molecule has 0 bridgehead atoms. The summed E-state index contributed by atoms with van der Waals surface area (Å²) < 4.78 is 20.1. The van der Waals surface area contributed by atoms with Gasteiger partial charge in [0.15, 0.2) is 0 Å². The standard InChI is InChI=1S/C14H15BrFNO/c1-3-17-13(14-9(2)7-8-18-14)10-5-4-6-11(15)12(10)16/h4-8,13,17H,3H2,1-2H3. The number of hydrogen-bond donors (Lipinski definition) is 1. The Morgan fingerprint density at radius 2 is 2.17 bits per heavy atom. The van der Waals surface area contributed by atoms with Crippen LogP contribution in [0.5, 0.6) is 0 Å². The van der Waals surface area contributed by atoms with Gasteiger partial charge in [-0.2, -0.15) is 0 Å². The lowest BCUT2D eigenvalue weighted by molar-refractivity contribution is 0.438. The molecular weight excluding hydrogens is 297 g/mol. The molecule has 1 aromatic heterocycles. The molecule has 2 rings (SSSR count). The van der Waals surface area contributed by atoms with Crippen molar-refractivity contribution < 1.29 is 8.81 Å². The van der Waals surface area contributed by atoms with Gasteiger partial charge in [-0.3, -0.25) is 0 Å². The zero-order valence-electron chi connectivity index (χ0n) is 10.3. The van der Waals surface area contributed by atoms with Crippen LogP contribution in [-0.4, -0.2) is 6.54 Å². The topological polar surface area (TPSA) is 25.2 Å². The van der Waals surface area contributed by atoms with Gasteiger partial charge in [-0.15, -0.1) is 0 Å². The number of furan rings is 1. The molecule has 1 atom stereocenters. The van der Waals surface area contributed by atoms with Crippen LogP contribution in [0.15, 0.2) is 39.4 Å². The molecule has 96 valence electrons. The van der Waals surface area contributed by atoms with Gasteiger partial charge in [0.25, 0.3) is 0 Å². The lowest BCUT2D eigenvalue weighted by Crippen LogP contribution is -2.23. The van der Waals surface area contributed by atoms with Crippen molar-refractivity contribution in [2.24, 2.45) is 0 Å². The minimum Gasteiger partial charge on any atom is -0.467 e. The number of benzene rings is 1. The second-order valence-electron chi connectivity index (χ2n) is 4.10. The van der Waals surface area contributed by atoms with Crippen LogP contribution in [0.4, 0.5) is 4.39 Å². The predicted molar refractivity (Wildman–Crippen MR) is 73.1 cm³/mol. The van der Waals surface area contributed by atoms with Gasteiger partial charge in [-0.25, -0.2) is 4.39 Å². The molecule has 1 heterocycles. The maximum absolute atomic E-state index is 14.2. The Bertz CT molecular complexity index is 538. The fourth-order valence-corrected chi connectivity index (χ4v) is 2.35. The van der Waals surface area contributed by atoms with Crippen molar-refractivity contribution in [1.82, 2.24) is 5.32 Å². The van der Waals surface area contributed by atoms with E-state index in [0.717, 1.165) is 17.9 Å². The average molecular weight is 312 g/mol. The Hall–Kier alpha value is -1.13. The van der Waals surface area contributed by atoms with Crippen molar-refractivity contribution >= 4 is 15.9 Å². The maximum Gasteiger partial charge on any atom is 0.142 e. The number of rotatable bonds is 4. The Morgan fingerprint density at radius 1 is 1.39 bits per heavy atom. The molecule has 0 spiro atoms. The molecular formula is C14H15BrFNO. The minimum atomic E-state index is -0.262. The quantitative estimate of drug-likeness (QED) is 0.916. The van der Waals surface area contributed by atoms with Crippen LogP contribution in [0.1, 0.15) is 29.9 Å². The molecule has 0 saturated carbocycles. The summed E-state index contributed by atoms with van der Waals surface area (Å²) in [6.45, 7) is 4.68. The van der Waals surface area contributed by atoms with Gasteiger partial charge in [0.2, 0.25) is 0 Å². The summed E-state index contributed by atoms with van der Waals surface area (Å²) in [6, 6.07) is 6.91. The van der Waals surface area contributed by atoms with Crippen LogP contribution < -0.4 is 5.32 Å². The normalized spacial score (nSPS) is 12.7. The molecule has 0 fully saturated rings. The fourth-order valence-electron chi connectivity index (χ4n) is 1.97.